The number of piperazine rings is 1. The van der Waals surface area contributed by atoms with Crippen LogP contribution in [-0.2, 0) is 16.0 Å². The fourth-order valence-electron chi connectivity index (χ4n) is 3.63. The molecule has 148 valence electrons. The summed E-state index contributed by atoms with van der Waals surface area (Å²) >= 11 is 0. The average Bonchev–Trinajstić information content (AvgIpc) is 2.68. The molecular formula is C23H29N3O2. The number of amides is 2. The van der Waals surface area contributed by atoms with Gasteiger partial charge in [0.2, 0.25) is 11.8 Å². The zero-order valence-corrected chi connectivity index (χ0v) is 17.0. The first kappa shape index (κ1) is 19.9. The second-order valence-corrected chi connectivity index (χ2v) is 7.53. The fraction of sp³-hybridized carbons (Fsp3) is 0.391. The van der Waals surface area contributed by atoms with Gasteiger partial charge >= 0.3 is 0 Å². The van der Waals surface area contributed by atoms with Crippen molar-refractivity contribution in [3.63, 3.8) is 0 Å². The van der Waals surface area contributed by atoms with E-state index in [9.17, 15) is 9.59 Å². The van der Waals surface area contributed by atoms with Gasteiger partial charge in [-0.05, 0) is 43.5 Å². The van der Waals surface area contributed by atoms with Gasteiger partial charge in [-0.3, -0.25) is 9.59 Å². The lowest BCUT2D eigenvalue weighted by Crippen LogP contribution is -2.51. The van der Waals surface area contributed by atoms with E-state index in [4.69, 9.17) is 0 Å². The molecule has 5 heteroatoms. The lowest BCUT2D eigenvalue weighted by Gasteiger charge is -2.37. The van der Waals surface area contributed by atoms with E-state index >= 15 is 0 Å². The van der Waals surface area contributed by atoms with Gasteiger partial charge in [-0.25, -0.2) is 0 Å². The van der Waals surface area contributed by atoms with E-state index in [2.05, 4.69) is 42.3 Å². The van der Waals surface area contributed by atoms with Crippen molar-refractivity contribution in [3.8, 4) is 0 Å². The first-order chi connectivity index (χ1) is 13.4. The molecule has 28 heavy (non-hydrogen) atoms. The molecule has 0 aliphatic carbocycles. The number of anilines is 1. The van der Waals surface area contributed by atoms with E-state index in [1.165, 1.54) is 16.8 Å². The van der Waals surface area contributed by atoms with Crippen LogP contribution in [0, 0.1) is 20.8 Å². The van der Waals surface area contributed by atoms with Gasteiger partial charge in [-0.15, -0.1) is 0 Å². The van der Waals surface area contributed by atoms with Crippen LogP contribution in [0.1, 0.15) is 22.3 Å². The summed E-state index contributed by atoms with van der Waals surface area (Å²) in [6.07, 6.45) is 0.301. The van der Waals surface area contributed by atoms with E-state index in [1.807, 2.05) is 36.1 Å². The highest BCUT2D eigenvalue weighted by Gasteiger charge is 2.22. The Kier molecular flexibility index (Phi) is 6.34. The molecule has 2 aromatic carbocycles. The molecule has 1 saturated heterocycles. The van der Waals surface area contributed by atoms with Crippen LogP contribution >= 0.6 is 0 Å². The Hall–Kier alpha value is -2.82. The van der Waals surface area contributed by atoms with Gasteiger partial charge in [0.25, 0.3) is 0 Å². The zero-order valence-electron chi connectivity index (χ0n) is 17.0. The SMILES string of the molecule is Cc1cccc(CC(=O)NCC(=O)N2CCN(c3cccc(C)c3C)CC2)c1. The van der Waals surface area contributed by atoms with Crippen molar-refractivity contribution in [1.29, 1.82) is 0 Å². The molecule has 1 heterocycles. The number of carbonyl (C=O) groups excluding carboxylic acids is 2. The number of hydrogen-bond donors (Lipinski definition) is 1. The molecule has 1 fully saturated rings. The summed E-state index contributed by atoms with van der Waals surface area (Å²) in [5.41, 5.74) is 5.92. The molecule has 1 N–H and O–H groups in total. The van der Waals surface area contributed by atoms with Crippen LogP contribution in [0.4, 0.5) is 5.69 Å². The van der Waals surface area contributed by atoms with Gasteiger partial charge < -0.3 is 15.1 Å². The predicted molar refractivity (Wildman–Crippen MR) is 113 cm³/mol. The number of nitrogens with one attached hydrogen (secondary N) is 1. The molecule has 1 aliphatic rings. The molecule has 0 bridgehead atoms. The highest BCUT2D eigenvalue weighted by molar-refractivity contribution is 5.86. The fourth-order valence-corrected chi connectivity index (χ4v) is 3.63. The van der Waals surface area contributed by atoms with Crippen LogP contribution in [0.5, 0.6) is 0 Å². The molecule has 2 amide bonds. The van der Waals surface area contributed by atoms with Gasteiger partial charge in [0.05, 0.1) is 13.0 Å². The summed E-state index contributed by atoms with van der Waals surface area (Å²) in [7, 11) is 0. The van der Waals surface area contributed by atoms with Crippen LogP contribution in [-0.4, -0.2) is 49.4 Å². The first-order valence-electron chi connectivity index (χ1n) is 9.85. The van der Waals surface area contributed by atoms with Gasteiger partial charge in [0.15, 0.2) is 0 Å². The third kappa shape index (κ3) is 4.91. The molecule has 2 aromatic rings. The Bertz CT molecular complexity index is 855. The van der Waals surface area contributed by atoms with Gasteiger partial charge in [0.1, 0.15) is 0 Å². The molecule has 0 radical (unpaired) electrons. The number of aryl methyl sites for hydroxylation is 2. The third-order valence-corrected chi connectivity index (χ3v) is 5.43. The number of hydrogen-bond acceptors (Lipinski definition) is 3. The summed E-state index contributed by atoms with van der Waals surface area (Å²) in [6.45, 7) is 9.32. The minimum Gasteiger partial charge on any atom is -0.368 e. The van der Waals surface area contributed by atoms with E-state index in [0.717, 1.165) is 24.2 Å². The highest BCUT2D eigenvalue weighted by atomic mass is 16.2. The summed E-state index contributed by atoms with van der Waals surface area (Å²) in [4.78, 5) is 28.8. The second-order valence-electron chi connectivity index (χ2n) is 7.53. The lowest BCUT2D eigenvalue weighted by molar-refractivity contribution is -0.133. The minimum atomic E-state index is -0.118. The van der Waals surface area contributed by atoms with E-state index in [-0.39, 0.29) is 18.4 Å². The normalized spacial score (nSPS) is 14.1. The number of carbonyl (C=O) groups is 2. The Morgan fingerprint density at radius 2 is 1.68 bits per heavy atom. The van der Waals surface area contributed by atoms with E-state index in [1.54, 1.807) is 0 Å². The summed E-state index contributed by atoms with van der Waals surface area (Å²) < 4.78 is 0. The molecule has 1 aliphatic heterocycles. The molecule has 0 atom stereocenters. The number of benzene rings is 2. The maximum Gasteiger partial charge on any atom is 0.242 e. The molecule has 0 unspecified atom stereocenters. The van der Waals surface area contributed by atoms with Gasteiger partial charge in [-0.1, -0.05) is 42.0 Å². The standard InChI is InChI=1S/C23H29N3O2/c1-17-6-4-8-20(14-17)15-22(27)24-16-23(28)26-12-10-25(11-13-26)21-9-5-7-18(2)19(21)3/h4-9,14H,10-13,15-16H2,1-3H3,(H,24,27). The van der Waals surface area contributed by atoms with Crippen molar-refractivity contribution in [3.05, 3.63) is 64.7 Å². The van der Waals surface area contributed by atoms with Gasteiger partial charge in [0, 0.05) is 31.9 Å². The largest absolute Gasteiger partial charge is 0.368 e. The number of nitrogens with zero attached hydrogens (tertiary/aromatic N) is 2. The molecular weight excluding hydrogens is 350 g/mol. The van der Waals surface area contributed by atoms with Crippen molar-refractivity contribution < 1.29 is 9.59 Å². The summed E-state index contributed by atoms with van der Waals surface area (Å²) in [5, 5.41) is 2.76. The van der Waals surface area contributed by atoms with Crippen LogP contribution in [0.3, 0.4) is 0 Å². The molecule has 0 saturated carbocycles. The summed E-state index contributed by atoms with van der Waals surface area (Å²) in [6, 6.07) is 14.2. The Morgan fingerprint density at radius 1 is 0.964 bits per heavy atom. The molecule has 5 nitrogen and oxygen atoms in total. The monoisotopic (exact) mass is 379 g/mol. The average molecular weight is 380 g/mol. The Balaban J connectivity index is 1.46. The zero-order chi connectivity index (χ0) is 20.1. The van der Waals surface area contributed by atoms with Crippen molar-refractivity contribution in [2.75, 3.05) is 37.6 Å². The van der Waals surface area contributed by atoms with Crippen LogP contribution in [0.2, 0.25) is 0 Å². The maximum absolute atomic E-state index is 12.5. The van der Waals surface area contributed by atoms with Crippen LogP contribution in [0.25, 0.3) is 0 Å². The minimum absolute atomic E-state index is 0.0155. The topological polar surface area (TPSA) is 52.7 Å². The van der Waals surface area contributed by atoms with Crippen LogP contribution < -0.4 is 10.2 Å². The van der Waals surface area contributed by atoms with Crippen LogP contribution in [0.15, 0.2) is 42.5 Å². The Labute approximate surface area is 167 Å². The quantitative estimate of drug-likeness (QED) is 0.869. The maximum atomic E-state index is 12.5. The van der Waals surface area contributed by atoms with Crippen molar-refractivity contribution in [2.45, 2.75) is 27.2 Å². The number of rotatable bonds is 5. The lowest BCUT2D eigenvalue weighted by atomic mass is 10.1. The van der Waals surface area contributed by atoms with Crippen molar-refractivity contribution in [2.24, 2.45) is 0 Å². The van der Waals surface area contributed by atoms with Crippen molar-refractivity contribution >= 4 is 17.5 Å². The molecule has 0 aromatic heterocycles. The second kappa shape index (κ2) is 8.91. The Morgan fingerprint density at radius 3 is 2.39 bits per heavy atom. The summed E-state index contributed by atoms with van der Waals surface area (Å²) in [5.74, 6) is -0.133. The van der Waals surface area contributed by atoms with Crippen molar-refractivity contribution in [1.82, 2.24) is 10.2 Å². The van der Waals surface area contributed by atoms with E-state index < -0.39 is 0 Å². The highest BCUT2D eigenvalue weighted by Crippen LogP contribution is 2.23. The smallest absolute Gasteiger partial charge is 0.242 e. The van der Waals surface area contributed by atoms with Gasteiger partial charge in [-0.2, -0.15) is 0 Å². The van der Waals surface area contributed by atoms with E-state index in [0.29, 0.717) is 19.5 Å². The third-order valence-electron chi connectivity index (χ3n) is 5.43. The first-order valence-corrected chi connectivity index (χ1v) is 9.85. The molecule has 0 spiro atoms. The predicted octanol–water partition coefficient (Wildman–Crippen LogP) is 2.62. The molecule has 3 rings (SSSR count).